The Bertz CT molecular complexity index is 1510. The Morgan fingerprint density at radius 2 is 1.61 bits per heavy atom. The highest BCUT2D eigenvalue weighted by molar-refractivity contribution is 7.89. The number of rotatable bonds is 3. The first-order valence-electron chi connectivity index (χ1n) is 11.1. The van der Waals surface area contributed by atoms with Crippen LogP contribution in [0.2, 0.25) is 0 Å². The summed E-state index contributed by atoms with van der Waals surface area (Å²) in [5, 5.41) is 2.25. The van der Waals surface area contributed by atoms with Gasteiger partial charge in [-0.05, 0) is 48.6 Å². The highest BCUT2D eigenvalue weighted by atomic mass is 32.2. The van der Waals surface area contributed by atoms with E-state index in [1.165, 1.54) is 23.5 Å². The number of amides is 1. The minimum absolute atomic E-state index is 0.222. The van der Waals surface area contributed by atoms with E-state index in [9.17, 15) is 13.2 Å². The number of aryl methyl sites for hydroxylation is 1. The van der Waals surface area contributed by atoms with Gasteiger partial charge in [-0.1, -0.05) is 54.5 Å². The first-order valence-corrected chi connectivity index (χ1v) is 13.4. The van der Waals surface area contributed by atoms with E-state index in [0.717, 1.165) is 46.7 Å². The predicted octanol–water partition coefficient (Wildman–Crippen LogP) is 4.70. The fourth-order valence-electron chi connectivity index (χ4n) is 4.38. The van der Waals surface area contributed by atoms with Crippen LogP contribution in [-0.4, -0.2) is 36.3 Å². The van der Waals surface area contributed by atoms with Gasteiger partial charge in [-0.25, -0.2) is 8.42 Å². The van der Waals surface area contributed by atoms with Gasteiger partial charge in [0.2, 0.25) is 10.0 Å². The normalized spacial score (nSPS) is 16.3. The number of nitrogens with zero attached hydrogens (tertiary/aromatic N) is 3. The first-order chi connectivity index (χ1) is 15.9. The fraction of sp³-hybridized carbons (Fsp3) is 0.280. The Morgan fingerprint density at radius 1 is 0.909 bits per heavy atom. The van der Waals surface area contributed by atoms with Crippen LogP contribution in [0.4, 0.5) is 0 Å². The van der Waals surface area contributed by atoms with Gasteiger partial charge in [0.05, 0.1) is 15.1 Å². The van der Waals surface area contributed by atoms with Gasteiger partial charge in [0.25, 0.3) is 5.91 Å². The number of fused-ring (bicyclic) bond motifs is 3. The maximum absolute atomic E-state index is 13.0. The zero-order valence-electron chi connectivity index (χ0n) is 18.4. The average molecular weight is 480 g/mol. The Hall–Kier alpha value is -2.81. The molecule has 0 atom stereocenters. The average Bonchev–Trinajstić information content (AvgIpc) is 2.99. The number of sulfonamides is 1. The van der Waals surface area contributed by atoms with Crippen molar-refractivity contribution >= 4 is 48.3 Å². The fourth-order valence-corrected chi connectivity index (χ4v) is 6.93. The summed E-state index contributed by atoms with van der Waals surface area (Å²) >= 11 is 1.46. The molecule has 0 N–H and O–H groups in total. The van der Waals surface area contributed by atoms with E-state index in [1.807, 2.05) is 29.8 Å². The van der Waals surface area contributed by atoms with E-state index >= 15 is 0 Å². The maximum Gasteiger partial charge on any atom is 0.279 e. The van der Waals surface area contributed by atoms with Crippen molar-refractivity contribution in [3.05, 3.63) is 71.0 Å². The molecule has 1 fully saturated rings. The summed E-state index contributed by atoms with van der Waals surface area (Å²) in [6.45, 7) is 1.10. The minimum Gasteiger partial charge on any atom is -0.319 e. The molecule has 1 aliphatic rings. The van der Waals surface area contributed by atoms with Crippen molar-refractivity contribution in [1.82, 2.24) is 8.87 Å². The smallest absolute Gasteiger partial charge is 0.279 e. The topological polar surface area (TPSA) is 71.7 Å². The molecule has 0 saturated carbocycles. The highest BCUT2D eigenvalue weighted by Crippen LogP contribution is 2.26. The minimum atomic E-state index is -3.54. The number of carbonyl (C=O) groups is 1. The molecule has 0 bridgehead atoms. The molecule has 170 valence electrons. The van der Waals surface area contributed by atoms with Crippen LogP contribution >= 0.6 is 11.3 Å². The van der Waals surface area contributed by atoms with Crippen LogP contribution in [0.5, 0.6) is 0 Å². The second-order valence-electron chi connectivity index (χ2n) is 8.34. The summed E-state index contributed by atoms with van der Waals surface area (Å²) < 4.78 is 30.5. The molecule has 1 amide bonds. The van der Waals surface area contributed by atoms with Crippen LogP contribution in [0, 0.1) is 0 Å². The Balaban J connectivity index is 1.46. The van der Waals surface area contributed by atoms with Crippen molar-refractivity contribution in [3.63, 3.8) is 0 Å². The van der Waals surface area contributed by atoms with Crippen LogP contribution < -0.4 is 4.80 Å². The lowest BCUT2D eigenvalue weighted by molar-refractivity contribution is 0.0998. The molecule has 6 nitrogen and oxygen atoms in total. The molecule has 33 heavy (non-hydrogen) atoms. The van der Waals surface area contributed by atoms with Crippen molar-refractivity contribution in [2.75, 3.05) is 13.1 Å². The molecule has 0 radical (unpaired) electrons. The lowest BCUT2D eigenvalue weighted by atomic mass is 10.1. The summed E-state index contributed by atoms with van der Waals surface area (Å²) in [4.78, 5) is 18.1. The third-order valence-corrected chi connectivity index (χ3v) is 9.20. The quantitative estimate of drug-likeness (QED) is 0.428. The highest BCUT2D eigenvalue weighted by Gasteiger charge is 2.25. The van der Waals surface area contributed by atoms with Gasteiger partial charge in [-0.15, -0.1) is 0 Å². The zero-order valence-corrected chi connectivity index (χ0v) is 20.0. The molecule has 1 saturated heterocycles. The lowest BCUT2D eigenvalue weighted by Crippen LogP contribution is -2.31. The molecule has 4 aromatic rings. The summed E-state index contributed by atoms with van der Waals surface area (Å²) in [6, 6.07) is 18.4. The summed E-state index contributed by atoms with van der Waals surface area (Å²) in [5.74, 6) is -0.389. The van der Waals surface area contributed by atoms with Gasteiger partial charge in [0, 0.05) is 31.1 Å². The van der Waals surface area contributed by atoms with Crippen LogP contribution in [-0.2, 0) is 17.1 Å². The summed E-state index contributed by atoms with van der Waals surface area (Å²) in [5.41, 5.74) is 1.41. The number of hydrogen-bond acceptors (Lipinski definition) is 4. The van der Waals surface area contributed by atoms with E-state index < -0.39 is 10.0 Å². The van der Waals surface area contributed by atoms with Crippen molar-refractivity contribution in [2.24, 2.45) is 12.0 Å². The summed E-state index contributed by atoms with van der Waals surface area (Å²) in [6.07, 6.45) is 3.89. The molecular formula is C25H25N3O3S2. The van der Waals surface area contributed by atoms with Crippen LogP contribution in [0.15, 0.2) is 70.6 Å². The molecular weight excluding hydrogens is 454 g/mol. The molecule has 0 unspecified atom stereocenters. The number of carbonyl (C=O) groups excluding carboxylic acids is 1. The molecule has 8 heteroatoms. The molecule has 1 aromatic heterocycles. The zero-order chi connectivity index (χ0) is 23.0. The van der Waals surface area contributed by atoms with Gasteiger partial charge >= 0.3 is 0 Å². The molecule has 0 spiro atoms. The second kappa shape index (κ2) is 8.85. The van der Waals surface area contributed by atoms with Gasteiger partial charge in [-0.2, -0.15) is 9.30 Å². The molecule has 5 rings (SSSR count). The van der Waals surface area contributed by atoms with E-state index in [-0.39, 0.29) is 10.8 Å². The molecule has 2 heterocycles. The standard InChI is InChI=1S/C25H25N3O3S2/c1-27-23-21-9-5-4-8-18(21)12-15-22(23)32-25(27)26-24(29)19-10-13-20(14-11-19)33(30,31)28-16-6-2-3-7-17-28/h4-5,8-15H,2-3,6-7,16-17H2,1H3. The number of hydrogen-bond donors (Lipinski definition) is 0. The van der Waals surface area contributed by atoms with Gasteiger partial charge in [0.1, 0.15) is 0 Å². The first kappa shape index (κ1) is 22.0. The Morgan fingerprint density at radius 3 is 2.33 bits per heavy atom. The third kappa shape index (κ3) is 4.14. The van der Waals surface area contributed by atoms with Crippen molar-refractivity contribution in [3.8, 4) is 0 Å². The van der Waals surface area contributed by atoms with Gasteiger partial charge in [-0.3, -0.25) is 4.79 Å². The monoisotopic (exact) mass is 479 g/mol. The Labute approximate surface area is 196 Å². The van der Waals surface area contributed by atoms with Crippen molar-refractivity contribution < 1.29 is 13.2 Å². The van der Waals surface area contributed by atoms with E-state index in [1.54, 1.807) is 16.4 Å². The van der Waals surface area contributed by atoms with Crippen molar-refractivity contribution in [1.29, 1.82) is 0 Å². The third-order valence-electron chi connectivity index (χ3n) is 6.19. The van der Waals surface area contributed by atoms with Crippen LogP contribution in [0.25, 0.3) is 21.0 Å². The van der Waals surface area contributed by atoms with E-state index in [4.69, 9.17) is 0 Å². The van der Waals surface area contributed by atoms with E-state index in [2.05, 4.69) is 23.2 Å². The maximum atomic E-state index is 13.0. The lowest BCUT2D eigenvalue weighted by Gasteiger charge is -2.19. The summed E-state index contributed by atoms with van der Waals surface area (Å²) in [7, 11) is -1.63. The van der Waals surface area contributed by atoms with Crippen molar-refractivity contribution in [2.45, 2.75) is 30.6 Å². The second-order valence-corrected chi connectivity index (χ2v) is 11.3. The molecule has 3 aromatic carbocycles. The van der Waals surface area contributed by atoms with Crippen LogP contribution in [0.3, 0.4) is 0 Å². The SMILES string of the molecule is Cn1c(=NC(=O)c2ccc(S(=O)(=O)N3CCCCCC3)cc2)sc2ccc3ccccc3c21. The number of benzene rings is 3. The van der Waals surface area contributed by atoms with Crippen LogP contribution in [0.1, 0.15) is 36.0 Å². The largest absolute Gasteiger partial charge is 0.319 e. The molecule has 0 aliphatic carbocycles. The predicted molar refractivity (Wildman–Crippen MR) is 132 cm³/mol. The van der Waals surface area contributed by atoms with Gasteiger partial charge < -0.3 is 4.57 Å². The molecule has 1 aliphatic heterocycles. The van der Waals surface area contributed by atoms with E-state index in [0.29, 0.717) is 23.5 Å². The Kier molecular flexibility index (Phi) is 5.90. The van der Waals surface area contributed by atoms with Gasteiger partial charge in [0.15, 0.2) is 4.80 Å². The number of thiazole rings is 1. The number of aromatic nitrogens is 1.